The van der Waals surface area contributed by atoms with Crippen LogP contribution in [0.15, 0.2) is 58.0 Å². The summed E-state index contributed by atoms with van der Waals surface area (Å²) in [4.78, 5) is 8.30. The van der Waals surface area contributed by atoms with Crippen LogP contribution < -0.4 is 0 Å². The standard InChI is InChI=1S/C8H6BrClN2.C8H7BrN2O/c9-6-1-2-8-11-4-7(3-10)12(8)5-6;9-6-1-2-8-10-3-7(5-12)11(8)4-6/h1-2,4-5H,3H2;1-4,12H,5H2. The molecule has 0 aliphatic heterocycles. The van der Waals surface area contributed by atoms with Gasteiger partial charge in [-0.3, -0.25) is 0 Å². The van der Waals surface area contributed by atoms with Gasteiger partial charge in [0.1, 0.15) is 11.3 Å². The second-order valence-electron chi connectivity index (χ2n) is 4.94. The van der Waals surface area contributed by atoms with E-state index in [4.69, 9.17) is 16.7 Å². The third kappa shape index (κ3) is 3.64. The molecule has 0 saturated heterocycles. The summed E-state index contributed by atoms with van der Waals surface area (Å²) in [6.07, 6.45) is 7.30. The lowest BCUT2D eigenvalue weighted by Crippen LogP contribution is -1.91. The number of rotatable bonds is 2. The van der Waals surface area contributed by atoms with Crippen LogP contribution in [0.1, 0.15) is 11.4 Å². The fourth-order valence-corrected chi connectivity index (χ4v) is 3.10. The van der Waals surface area contributed by atoms with E-state index in [0.29, 0.717) is 5.88 Å². The normalized spacial score (nSPS) is 10.8. The molecule has 0 atom stereocenters. The molecular formula is C16H13Br2ClN4O. The molecule has 0 amide bonds. The first-order valence-corrected chi connectivity index (χ1v) is 9.14. The number of nitrogens with zero attached hydrogens (tertiary/aromatic N) is 4. The minimum absolute atomic E-state index is 0.0115. The maximum Gasteiger partial charge on any atom is 0.137 e. The Morgan fingerprint density at radius 3 is 1.88 bits per heavy atom. The first-order chi connectivity index (χ1) is 11.6. The highest BCUT2D eigenvalue weighted by Crippen LogP contribution is 2.15. The SMILES string of the molecule is ClCc1cnc2ccc(Br)cn12.OCc1cnc2ccc(Br)cn12. The van der Waals surface area contributed by atoms with E-state index in [-0.39, 0.29) is 6.61 Å². The van der Waals surface area contributed by atoms with Crippen molar-refractivity contribution in [1.29, 1.82) is 0 Å². The van der Waals surface area contributed by atoms with Gasteiger partial charge in [-0.1, -0.05) is 0 Å². The fraction of sp³-hybridized carbons (Fsp3) is 0.125. The van der Waals surface area contributed by atoms with E-state index in [9.17, 15) is 0 Å². The number of hydrogen-bond donors (Lipinski definition) is 1. The van der Waals surface area contributed by atoms with Crippen molar-refractivity contribution in [3.8, 4) is 0 Å². The maximum atomic E-state index is 8.94. The van der Waals surface area contributed by atoms with Gasteiger partial charge in [0.15, 0.2) is 0 Å². The molecule has 1 N–H and O–H groups in total. The van der Waals surface area contributed by atoms with E-state index in [1.165, 1.54) is 0 Å². The summed E-state index contributed by atoms with van der Waals surface area (Å²) in [7, 11) is 0. The molecule has 5 nitrogen and oxygen atoms in total. The third-order valence-corrected chi connectivity index (χ3v) is 4.60. The van der Waals surface area contributed by atoms with Crippen molar-refractivity contribution in [3.63, 3.8) is 0 Å². The summed E-state index contributed by atoms with van der Waals surface area (Å²) in [5.74, 6) is 0.484. The number of hydrogen-bond acceptors (Lipinski definition) is 3. The van der Waals surface area contributed by atoms with Crippen LogP contribution >= 0.6 is 43.5 Å². The van der Waals surface area contributed by atoms with Gasteiger partial charge in [-0.2, -0.15) is 0 Å². The molecule has 0 saturated carbocycles. The highest BCUT2D eigenvalue weighted by molar-refractivity contribution is 9.10. The molecule has 8 heteroatoms. The van der Waals surface area contributed by atoms with Gasteiger partial charge >= 0.3 is 0 Å². The van der Waals surface area contributed by atoms with E-state index in [2.05, 4.69) is 41.8 Å². The van der Waals surface area contributed by atoms with Crippen LogP contribution in [0.4, 0.5) is 0 Å². The Balaban J connectivity index is 0.000000141. The lowest BCUT2D eigenvalue weighted by atomic mass is 10.4. The first kappa shape index (κ1) is 17.4. The minimum atomic E-state index is 0.0115. The Morgan fingerprint density at radius 2 is 1.38 bits per heavy atom. The quantitative estimate of drug-likeness (QED) is 0.440. The molecule has 0 aliphatic carbocycles. The van der Waals surface area contributed by atoms with E-state index in [1.807, 2.05) is 45.5 Å². The van der Waals surface area contributed by atoms with Crippen LogP contribution in [0.2, 0.25) is 0 Å². The molecule has 0 aromatic carbocycles. The number of pyridine rings is 2. The van der Waals surface area contributed by atoms with Crippen molar-refractivity contribution in [2.24, 2.45) is 0 Å². The zero-order chi connectivity index (χ0) is 17.1. The topological polar surface area (TPSA) is 54.8 Å². The van der Waals surface area contributed by atoms with Crippen molar-refractivity contribution in [2.45, 2.75) is 12.5 Å². The number of imidazole rings is 2. The highest BCUT2D eigenvalue weighted by atomic mass is 79.9. The van der Waals surface area contributed by atoms with E-state index in [0.717, 1.165) is 31.6 Å². The number of aromatic nitrogens is 4. The average molecular weight is 473 g/mol. The third-order valence-electron chi connectivity index (χ3n) is 3.39. The summed E-state index contributed by atoms with van der Waals surface area (Å²) in [6, 6.07) is 7.72. The average Bonchev–Trinajstić information content (AvgIpc) is 3.17. The Hall–Kier alpha value is -1.41. The molecule has 0 fully saturated rings. The molecule has 0 unspecified atom stereocenters. The Kier molecular flexibility index (Phi) is 5.55. The van der Waals surface area contributed by atoms with Crippen molar-refractivity contribution >= 4 is 54.8 Å². The predicted octanol–water partition coefficient (Wildman–Crippen LogP) is 4.42. The number of halogens is 3. The molecule has 4 heterocycles. The maximum absolute atomic E-state index is 8.94. The molecule has 4 rings (SSSR count). The summed E-state index contributed by atoms with van der Waals surface area (Å²) in [6.45, 7) is 0.0115. The van der Waals surface area contributed by atoms with Gasteiger partial charge in [-0.25, -0.2) is 9.97 Å². The fourth-order valence-electron chi connectivity index (χ4n) is 2.23. The van der Waals surface area contributed by atoms with Crippen LogP contribution in [0, 0.1) is 0 Å². The highest BCUT2D eigenvalue weighted by Gasteiger charge is 2.01. The number of alkyl halides is 1. The van der Waals surface area contributed by atoms with E-state index >= 15 is 0 Å². The molecular weight excluding hydrogens is 459 g/mol. The summed E-state index contributed by atoms with van der Waals surface area (Å²) in [5, 5.41) is 8.94. The van der Waals surface area contributed by atoms with Crippen LogP contribution in [-0.4, -0.2) is 23.9 Å². The van der Waals surface area contributed by atoms with Gasteiger partial charge in [-0.15, -0.1) is 11.6 Å². The summed E-state index contributed by atoms with van der Waals surface area (Å²) < 4.78 is 5.82. The van der Waals surface area contributed by atoms with Gasteiger partial charge in [0, 0.05) is 21.3 Å². The van der Waals surface area contributed by atoms with Gasteiger partial charge in [-0.05, 0) is 56.1 Å². The van der Waals surface area contributed by atoms with Crippen molar-refractivity contribution in [1.82, 2.24) is 18.8 Å². The van der Waals surface area contributed by atoms with Crippen LogP contribution in [0.5, 0.6) is 0 Å². The lowest BCUT2D eigenvalue weighted by Gasteiger charge is -1.97. The van der Waals surface area contributed by atoms with Crippen molar-refractivity contribution in [3.05, 3.63) is 69.4 Å². The molecule has 124 valence electrons. The largest absolute Gasteiger partial charge is 0.390 e. The number of aliphatic hydroxyl groups is 1. The number of aliphatic hydroxyl groups excluding tert-OH is 1. The van der Waals surface area contributed by atoms with E-state index in [1.54, 1.807) is 12.4 Å². The predicted molar refractivity (Wildman–Crippen MR) is 101 cm³/mol. The van der Waals surface area contributed by atoms with Gasteiger partial charge in [0.05, 0.1) is 36.3 Å². The number of fused-ring (bicyclic) bond motifs is 2. The first-order valence-electron chi connectivity index (χ1n) is 7.02. The summed E-state index contributed by atoms with van der Waals surface area (Å²) in [5.41, 5.74) is 3.58. The zero-order valence-corrected chi connectivity index (χ0v) is 16.3. The molecule has 4 aromatic rings. The molecule has 24 heavy (non-hydrogen) atoms. The molecule has 0 aliphatic rings. The van der Waals surface area contributed by atoms with Gasteiger partial charge < -0.3 is 13.9 Å². The van der Waals surface area contributed by atoms with Gasteiger partial charge in [0.25, 0.3) is 0 Å². The Morgan fingerprint density at radius 1 is 0.875 bits per heavy atom. The zero-order valence-electron chi connectivity index (χ0n) is 12.4. The molecule has 0 bridgehead atoms. The van der Waals surface area contributed by atoms with E-state index < -0.39 is 0 Å². The molecule has 4 aromatic heterocycles. The smallest absolute Gasteiger partial charge is 0.137 e. The van der Waals surface area contributed by atoms with Gasteiger partial charge in [0.2, 0.25) is 0 Å². The second-order valence-corrected chi connectivity index (χ2v) is 7.04. The van der Waals surface area contributed by atoms with Crippen molar-refractivity contribution in [2.75, 3.05) is 0 Å². The lowest BCUT2D eigenvalue weighted by molar-refractivity contribution is 0.276. The molecule has 0 spiro atoms. The second kappa shape index (κ2) is 7.65. The Bertz CT molecular complexity index is 903. The molecule has 0 radical (unpaired) electrons. The van der Waals surface area contributed by atoms with Crippen molar-refractivity contribution < 1.29 is 5.11 Å². The van der Waals surface area contributed by atoms with Crippen LogP contribution in [0.25, 0.3) is 11.3 Å². The minimum Gasteiger partial charge on any atom is -0.390 e. The Labute approximate surface area is 160 Å². The van der Waals surface area contributed by atoms with Crippen LogP contribution in [-0.2, 0) is 12.5 Å². The monoisotopic (exact) mass is 470 g/mol. The summed E-state index contributed by atoms with van der Waals surface area (Å²) >= 11 is 12.5. The van der Waals surface area contributed by atoms with Crippen LogP contribution in [0.3, 0.4) is 0 Å².